The van der Waals surface area contributed by atoms with E-state index < -0.39 is 0 Å². The van der Waals surface area contributed by atoms with Crippen LogP contribution in [0.4, 0.5) is 0 Å². The summed E-state index contributed by atoms with van der Waals surface area (Å²) in [5.41, 5.74) is 1.37. The quantitative estimate of drug-likeness (QED) is 0.545. The Bertz CT molecular complexity index is 199. The van der Waals surface area contributed by atoms with Crippen LogP contribution in [0, 0.1) is 0 Å². The van der Waals surface area contributed by atoms with Crippen LogP contribution in [0.5, 0.6) is 0 Å². The number of hydrogen-bond donors (Lipinski definition) is 1. The van der Waals surface area contributed by atoms with Crippen molar-refractivity contribution in [3.05, 3.63) is 35.9 Å². The molecule has 0 aromatic heterocycles. The molecule has 0 spiro atoms. The number of benzene rings is 1. The standard InChI is InChI=1S/C11H17N.H2I/c1-2-3-9-12-10-11-7-5-4-6-8-11;/h4-8,12H,2-3,9-10H2,1H3;1H2/q;+1. The van der Waals surface area contributed by atoms with Crippen molar-refractivity contribution >= 4 is 0 Å². The summed E-state index contributed by atoms with van der Waals surface area (Å²) in [6.07, 6.45) is 2.54. The van der Waals surface area contributed by atoms with Gasteiger partial charge in [0.1, 0.15) is 0 Å². The summed E-state index contributed by atoms with van der Waals surface area (Å²) in [7, 11) is 0. The zero-order valence-electron chi connectivity index (χ0n) is 8.16. The summed E-state index contributed by atoms with van der Waals surface area (Å²) in [6, 6.07) is 10.5. The normalized spacial score (nSPS) is 9.31. The van der Waals surface area contributed by atoms with Crippen molar-refractivity contribution in [2.75, 3.05) is 6.54 Å². The average Bonchev–Trinajstić information content (AvgIpc) is 2.14. The monoisotopic (exact) mass is 292 g/mol. The number of halogens is 1. The Labute approximate surface area is 97.9 Å². The molecule has 0 bridgehead atoms. The molecule has 1 aromatic rings. The van der Waals surface area contributed by atoms with E-state index in [4.69, 9.17) is 0 Å². The van der Waals surface area contributed by atoms with Crippen molar-refractivity contribution in [1.82, 2.24) is 5.32 Å². The highest BCUT2D eigenvalue weighted by Gasteiger charge is 1.88. The van der Waals surface area contributed by atoms with Crippen molar-refractivity contribution in [3.8, 4) is 0 Å². The van der Waals surface area contributed by atoms with Crippen LogP contribution in [0.25, 0.3) is 0 Å². The first kappa shape index (κ1) is 12.9. The van der Waals surface area contributed by atoms with Gasteiger partial charge in [0, 0.05) is 6.54 Å². The number of hydrogen-bond acceptors (Lipinski definition) is 1. The van der Waals surface area contributed by atoms with E-state index in [0.717, 1.165) is 13.1 Å². The largest absolute Gasteiger partial charge is 0.313 e. The lowest BCUT2D eigenvalue weighted by molar-refractivity contribution is -0.00000259. The smallest absolute Gasteiger partial charge is 0.235 e. The Kier molecular flexibility index (Phi) is 8.45. The summed E-state index contributed by atoms with van der Waals surface area (Å²) in [5.74, 6) is 0. The molecule has 0 fully saturated rings. The van der Waals surface area contributed by atoms with E-state index in [0.29, 0.717) is 0 Å². The third kappa shape index (κ3) is 6.05. The van der Waals surface area contributed by atoms with Crippen LogP contribution in [0.1, 0.15) is 25.3 Å². The number of nitrogens with one attached hydrogen (secondary N) is 1. The van der Waals surface area contributed by atoms with Crippen molar-refractivity contribution in [3.63, 3.8) is 0 Å². The van der Waals surface area contributed by atoms with Gasteiger partial charge in [0.05, 0.1) is 0 Å². The van der Waals surface area contributed by atoms with E-state index in [1.807, 2.05) is 0 Å². The van der Waals surface area contributed by atoms with E-state index in [1.165, 1.54) is 18.4 Å². The van der Waals surface area contributed by atoms with Crippen LogP contribution >= 0.6 is 0 Å². The lowest BCUT2D eigenvalue weighted by Crippen LogP contribution is -3.00. The maximum Gasteiger partial charge on any atom is 0.235 e. The first-order valence-corrected chi connectivity index (χ1v) is 4.68. The van der Waals surface area contributed by atoms with Crippen LogP contribution < -0.4 is 29.3 Å². The van der Waals surface area contributed by atoms with Crippen LogP contribution in [0.2, 0.25) is 0 Å². The van der Waals surface area contributed by atoms with Crippen molar-refractivity contribution in [1.29, 1.82) is 0 Å². The molecule has 0 aliphatic carbocycles. The summed E-state index contributed by atoms with van der Waals surface area (Å²) in [5, 5.41) is 3.40. The first-order chi connectivity index (χ1) is 5.93. The minimum absolute atomic E-state index is 0. The SMILES string of the molecule is CCCCNCc1ccccc1.[IH2+]. The summed E-state index contributed by atoms with van der Waals surface area (Å²) < 4.78 is 0. The zero-order chi connectivity index (χ0) is 8.65. The first-order valence-electron chi connectivity index (χ1n) is 4.68. The third-order valence-corrected chi connectivity index (χ3v) is 1.88. The predicted octanol–water partition coefficient (Wildman–Crippen LogP) is -0.955. The van der Waals surface area contributed by atoms with Gasteiger partial charge in [-0.3, -0.25) is 0 Å². The van der Waals surface area contributed by atoms with E-state index in [2.05, 4.69) is 42.6 Å². The van der Waals surface area contributed by atoms with Crippen LogP contribution in [0.15, 0.2) is 30.3 Å². The van der Waals surface area contributed by atoms with Crippen molar-refractivity contribution in [2.45, 2.75) is 26.3 Å². The van der Waals surface area contributed by atoms with Crippen molar-refractivity contribution in [2.24, 2.45) is 0 Å². The minimum Gasteiger partial charge on any atom is -0.313 e. The van der Waals surface area contributed by atoms with Gasteiger partial charge < -0.3 is 5.32 Å². The van der Waals surface area contributed by atoms with Gasteiger partial charge in [0.15, 0.2) is 0 Å². The molecule has 0 aliphatic heterocycles. The van der Waals surface area contributed by atoms with Gasteiger partial charge >= 0.3 is 0 Å². The molecule has 74 valence electrons. The molecule has 0 amide bonds. The maximum absolute atomic E-state index is 3.40. The van der Waals surface area contributed by atoms with E-state index >= 15 is 0 Å². The van der Waals surface area contributed by atoms with Crippen LogP contribution in [0.3, 0.4) is 0 Å². The lowest BCUT2D eigenvalue weighted by atomic mass is 10.2. The van der Waals surface area contributed by atoms with E-state index in [1.54, 1.807) is 0 Å². The highest BCUT2D eigenvalue weighted by molar-refractivity contribution is 5.14. The molecule has 0 saturated carbocycles. The molecule has 1 aromatic carbocycles. The Morgan fingerprint density at radius 3 is 2.46 bits per heavy atom. The Morgan fingerprint density at radius 2 is 1.85 bits per heavy atom. The Hall–Kier alpha value is -0.0900. The second-order valence-corrected chi connectivity index (χ2v) is 3.02. The highest BCUT2D eigenvalue weighted by atomic mass is 127. The fraction of sp³-hybridized carbons (Fsp3) is 0.455. The summed E-state index contributed by atoms with van der Waals surface area (Å²) in [4.78, 5) is 0. The topological polar surface area (TPSA) is 12.0 Å². The molecule has 0 aliphatic rings. The lowest BCUT2D eigenvalue weighted by Gasteiger charge is -2.02. The predicted molar refractivity (Wildman–Crippen MR) is 55.8 cm³/mol. The molecule has 0 unspecified atom stereocenters. The molecule has 1 N–H and O–H groups in total. The number of unbranched alkanes of at least 4 members (excludes halogenated alkanes) is 1. The second kappa shape index (κ2) is 8.51. The molecule has 0 atom stereocenters. The molecule has 0 saturated heterocycles. The molecule has 0 radical (unpaired) electrons. The van der Waals surface area contributed by atoms with E-state index in [-0.39, 0.29) is 24.0 Å². The fourth-order valence-electron chi connectivity index (χ4n) is 1.13. The van der Waals surface area contributed by atoms with Gasteiger partial charge in [-0.15, -0.1) is 0 Å². The fourth-order valence-corrected chi connectivity index (χ4v) is 1.13. The molecule has 0 heterocycles. The summed E-state index contributed by atoms with van der Waals surface area (Å²) >= 11 is 0. The zero-order valence-corrected chi connectivity index (χ0v) is 10.7. The Morgan fingerprint density at radius 1 is 1.15 bits per heavy atom. The molecule has 1 nitrogen and oxygen atoms in total. The molecular weight excluding hydrogens is 273 g/mol. The highest BCUT2D eigenvalue weighted by Crippen LogP contribution is 1.97. The Balaban J connectivity index is 0.00000144. The van der Waals surface area contributed by atoms with Gasteiger partial charge in [-0.25, -0.2) is 0 Å². The van der Waals surface area contributed by atoms with Gasteiger partial charge in [-0.1, -0.05) is 43.7 Å². The van der Waals surface area contributed by atoms with Gasteiger partial charge in [0.25, 0.3) is 0 Å². The maximum atomic E-state index is 3.40. The van der Waals surface area contributed by atoms with Crippen molar-refractivity contribution < 1.29 is 24.0 Å². The molecule has 13 heavy (non-hydrogen) atoms. The van der Waals surface area contributed by atoms with Gasteiger partial charge in [0.2, 0.25) is 24.0 Å². The molecular formula is C11H19IN+. The summed E-state index contributed by atoms with van der Waals surface area (Å²) in [6.45, 7) is 4.34. The number of rotatable bonds is 5. The van der Waals surface area contributed by atoms with Gasteiger partial charge in [-0.05, 0) is 18.5 Å². The second-order valence-electron chi connectivity index (χ2n) is 3.02. The van der Waals surface area contributed by atoms with Crippen LogP contribution in [-0.4, -0.2) is 6.54 Å². The molecule has 2 heteroatoms. The van der Waals surface area contributed by atoms with Gasteiger partial charge in [-0.2, -0.15) is 0 Å². The molecule has 1 rings (SSSR count). The minimum atomic E-state index is 0. The van der Waals surface area contributed by atoms with E-state index in [9.17, 15) is 0 Å². The third-order valence-electron chi connectivity index (χ3n) is 1.88. The average molecular weight is 292 g/mol. The van der Waals surface area contributed by atoms with Crippen LogP contribution in [-0.2, 0) is 6.54 Å².